The van der Waals surface area contributed by atoms with Gasteiger partial charge in [-0.05, 0) is 51.4 Å². The van der Waals surface area contributed by atoms with Crippen LogP contribution in [0.2, 0.25) is 0 Å². The number of piperazine rings is 1. The molecule has 2 aliphatic rings. The van der Waals surface area contributed by atoms with E-state index in [4.69, 9.17) is 15.2 Å². The normalized spacial score (nSPS) is 19.8. The molecule has 1 aromatic carbocycles. The number of nitrogens with zero attached hydrogens (tertiary/aromatic N) is 5. The molecule has 0 saturated carbocycles. The van der Waals surface area contributed by atoms with Crippen molar-refractivity contribution in [3.63, 3.8) is 0 Å². The van der Waals surface area contributed by atoms with Gasteiger partial charge in [0.05, 0.1) is 17.4 Å². The number of pyridine rings is 1. The van der Waals surface area contributed by atoms with E-state index in [1.54, 1.807) is 18.9 Å². The first-order valence-corrected chi connectivity index (χ1v) is 15.1. The van der Waals surface area contributed by atoms with Crippen LogP contribution >= 0.6 is 0 Å². The van der Waals surface area contributed by atoms with Gasteiger partial charge in [0, 0.05) is 38.8 Å². The SMILES string of the molecule is CCCN1CCN(C)C(=O)C1COc1nc2c3c(nc(-c4cc(N)c(F)c(C)c4C(F)(F)F)c(F)c3n1)OC(C)CCNCCN2. The minimum Gasteiger partial charge on any atom is -0.474 e. The zero-order valence-electron chi connectivity index (χ0n) is 26.0. The molecule has 11 nitrogen and oxygen atoms in total. The van der Waals surface area contributed by atoms with E-state index in [-0.39, 0.29) is 35.6 Å². The first-order chi connectivity index (χ1) is 21.8. The van der Waals surface area contributed by atoms with Crippen LogP contribution in [0.4, 0.5) is 33.5 Å². The minimum absolute atomic E-state index is 0.0104. The van der Waals surface area contributed by atoms with Gasteiger partial charge in [0.15, 0.2) is 5.82 Å². The zero-order chi connectivity index (χ0) is 33.3. The number of carbonyl (C=O) groups is 1. The minimum atomic E-state index is -5.08. The fraction of sp³-hybridized carbons (Fsp3) is 0.533. The number of hydrogen-bond donors (Lipinski definition) is 3. The van der Waals surface area contributed by atoms with Crippen molar-refractivity contribution < 1.29 is 36.2 Å². The van der Waals surface area contributed by atoms with E-state index < -0.39 is 63.5 Å². The standard InChI is InChI=1S/C30H37F5N8O3/c1-5-10-43-12-11-42(4)28(44)19(43)14-45-29-40-25-20-26(41-29)38-9-8-37-7-6-15(2)46-27(20)39-24(23(25)32)17-13-18(36)22(31)16(3)21(17)30(33,34)35/h13,15,19,37H,5-12,14,36H2,1-4H3,(H,38,40,41). The first-order valence-electron chi connectivity index (χ1n) is 15.1. The van der Waals surface area contributed by atoms with Crippen LogP contribution < -0.4 is 25.8 Å². The molecule has 2 aliphatic heterocycles. The van der Waals surface area contributed by atoms with E-state index in [9.17, 15) is 22.4 Å². The van der Waals surface area contributed by atoms with Crippen molar-refractivity contribution in [2.75, 3.05) is 64.0 Å². The van der Waals surface area contributed by atoms with Gasteiger partial charge in [-0.2, -0.15) is 23.1 Å². The lowest BCUT2D eigenvalue weighted by molar-refractivity contribution is -0.141. The third kappa shape index (κ3) is 6.58. The van der Waals surface area contributed by atoms with E-state index in [0.29, 0.717) is 51.8 Å². The number of rotatable bonds is 6. The molecule has 1 amide bonds. The average molecular weight is 653 g/mol. The molecule has 250 valence electrons. The van der Waals surface area contributed by atoms with Gasteiger partial charge in [0.1, 0.15) is 40.9 Å². The van der Waals surface area contributed by atoms with Crippen LogP contribution in [-0.4, -0.2) is 95.7 Å². The number of likely N-dealkylation sites (N-methyl/N-ethyl adjacent to an activating group) is 1. The van der Waals surface area contributed by atoms with Crippen molar-refractivity contribution in [1.29, 1.82) is 0 Å². The Kier molecular flexibility index (Phi) is 9.67. The molecule has 0 radical (unpaired) electrons. The summed E-state index contributed by atoms with van der Waals surface area (Å²) in [5.41, 5.74) is 0.913. The number of alkyl halides is 3. The topological polar surface area (TPSA) is 131 Å². The van der Waals surface area contributed by atoms with Crippen molar-refractivity contribution in [1.82, 2.24) is 30.1 Å². The van der Waals surface area contributed by atoms with E-state index in [1.165, 1.54) is 0 Å². The molecule has 2 aromatic heterocycles. The number of carbonyl (C=O) groups excluding carboxylic acids is 1. The lowest BCUT2D eigenvalue weighted by Crippen LogP contribution is -2.58. The molecule has 2 unspecified atom stereocenters. The van der Waals surface area contributed by atoms with Crippen molar-refractivity contribution in [3.8, 4) is 23.1 Å². The molecular weight excluding hydrogens is 615 g/mol. The van der Waals surface area contributed by atoms with Crippen LogP contribution in [0.5, 0.6) is 11.9 Å². The zero-order valence-corrected chi connectivity index (χ0v) is 26.0. The Morgan fingerprint density at radius 2 is 1.89 bits per heavy atom. The molecule has 4 heterocycles. The number of nitrogen functional groups attached to an aromatic ring is 1. The number of aromatic nitrogens is 3. The van der Waals surface area contributed by atoms with E-state index in [0.717, 1.165) is 13.3 Å². The van der Waals surface area contributed by atoms with E-state index >= 15 is 4.39 Å². The largest absolute Gasteiger partial charge is 0.474 e. The molecule has 4 N–H and O–H groups in total. The van der Waals surface area contributed by atoms with Crippen LogP contribution in [0.3, 0.4) is 0 Å². The second-order valence-corrected chi connectivity index (χ2v) is 11.5. The van der Waals surface area contributed by atoms with Crippen LogP contribution in [0, 0.1) is 18.6 Å². The fourth-order valence-electron chi connectivity index (χ4n) is 5.74. The summed E-state index contributed by atoms with van der Waals surface area (Å²) in [6, 6.07) is -0.250. The molecule has 3 aromatic rings. The molecule has 16 heteroatoms. The van der Waals surface area contributed by atoms with Crippen molar-refractivity contribution in [2.45, 2.75) is 51.9 Å². The summed E-state index contributed by atoms with van der Waals surface area (Å²) in [5, 5.41) is 6.32. The average Bonchev–Trinajstić information content (AvgIpc) is 3.02. The molecule has 0 aliphatic carbocycles. The Morgan fingerprint density at radius 3 is 2.61 bits per heavy atom. The quantitative estimate of drug-likeness (QED) is 0.266. The third-order valence-electron chi connectivity index (χ3n) is 8.14. The summed E-state index contributed by atoms with van der Waals surface area (Å²) < 4.78 is 86.2. The highest BCUT2D eigenvalue weighted by Crippen LogP contribution is 2.44. The highest BCUT2D eigenvalue weighted by molar-refractivity contribution is 5.96. The van der Waals surface area contributed by atoms with Crippen LogP contribution in [0.25, 0.3) is 22.2 Å². The van der Waals surface area contributed by atoms with Gasteiger partial charge in [-0.1, -0.05) is 6.92 Å². The number of hydrogen-bond acceptors (Lipinski definition) is 10. The van der Waals surface area contributed by atoms with E-state index in [1.807, 2.05) is 11.8 Å². The Hall–Kier alpha value is -4.05. The van der Waals surface area contributed by atoms with Crippen molar-refractivity contribution in [3.05, 3.63) is 28.8 Å². The Bertz CT molecular complexity index is 1620. The highest BCUT2D eigenvalue weighted by Gasteiger charge is 2.39. The number of amides is 1. The number of halogens is 5. The third-order valence-corrected chi connectivity index (χ3v) is 8.14. The molecular formula is C30H37F5N8O3. The van der Waals surface area contributed by atoms with Gasteiger partial charge in [-0.3, -0.25) is 9.69 Å². The maximum atomic E-state index is 16.6. The van der Waals surface area contributed by atoms with E-state index in [2.05, 4.69) is 25.6 Å². The Morgan fingerprint density at radius 1 is 1.13 bits per heavy atom. The number of nitrogens with one attached hydrogen (secondary N) is 2. The molecule has 0 spiro atoms. The maximum absolute atomic E-state index is 16.6. The Labute approximate surface area is 262 Å². The predicted molar refractivity (Wildman–Crippen MR) is 162 cm³/mol. The molecule has 1 fully saturated rings. The summed E-state index contributed by atoms with van der Waals surface area (Å²) in [5.74, 6) is -2.81. The first kappa shape index (κ1) is 33.3. The monoisotopic (exact) mass is 652 g/mol. The molecule has 46 heavy (non-hydrogen) atoms. The summed E-state index contributed by atoms with van der Waals surface area (Å²) in [6.45, 7) is 7.74. The summed E-state index contributed by atoms with van der Waals surface area (Å²) in [4.78, 5) is 29.6. The van der Waals surface area contributed by atoms with Gasteiger partial charge in [0.2, 0.25) is 11.8 Å². The fourth-order valence-corrected chi connectivity index (χ4v) is 5.74. The van der Waals surface area contributed by atoms with Crippen LogP contribution in [-0.2, 0) is 11.0 Å². The lowest BCUT2D eigenvalue weighted by atomic mass is 9.96. The molecule has 0 bridgehead atoms. The molecule has 1 saturated heterocycles. The molecule has 5 rings (SSSR count). The maximum Gasteiger partial charge on any atom is 0.417 e. The highest BCUT2D eigenvalue weighted by atomic mass is 19.4. The Balaban J connectivity index is 1.70. The second-order valence-electron chi connectivity index (χ2n) is 11.5. The van der Waals surface area contributed by atoms with Crippen LogP contribution in [0.15, 0.2) is 6.07 Å². The summed E-state index contributed by atoms with van der Waals surface area (Å²) in [7, 11) is 1.69. The number of anilines is 2. The van der Waals surface area contributed by atoms with Crippen molar-refractivity contribution in [2.24, 2.45) is 0 Å². The lowest BCUT2D eigenvalue weighted by Gasteiger charge is -2.38. The van der Waals surface area contributed by atoms with Gasteiger partial charge < -0.3 is 30.7 Å². The second kappa shape index (κ2) is 13.4. The summed E-state index contributed by atoms with van der Waals surface area (Å²) >= 11 is 0. The summed E-state index contributed by atoms with van der Waals surface area (Å²) in [6.07, 6.45) is -4.27. The van der Waals surface area contributed by atoms with Gasteiger partial charge in [0.25, 0.3) is 0 Å². The number of ether oxygens (including phenoxy) is 2. The van der Waals surface area contributed by atoms with Gasteiger partial charge >= 0.3 is 12.2 Å². The van der Waals surface area contributed by atoms with Gasteiger partial charge in [-0.15, -0.1) is 0 Å². The van der Waals surface area contributed by atoms with Crippen LogP contribution in [0.1, 0.15) is 37.8 Å². The van der Waals surface area contributed by atoms with Gasteiger partial charge in [-0.25, -0.2) is 13.8 Å². The molecule has 2 atom stereocenters. The van der Waals surface area contributed by atoms with Crippen molar-refractivity contribution >= 4 is 28.3 Å². The predicted octanol–water partition coefficient (Wildman–Crippen LogP) is 3.98. The number of nitrogens with two attached hydrogens (primary N) is 1. The number of benzene rings is 1. The smallest absolute Gasteiger partial charge is 0.417 e.